The molecule has 0 aliphatic heterocycles. The second kappa shape index (κ2) is 9.70. The van der Waals surface area contributed by atoms with Crippen molar-refractivity contribution < 1.29 is 14.7 Å². The highest BCUT2D eigenvalue weighted by Crippen LogP contribution is 2.30. The molecule has 0 spiro atoms. The molecule has 4 heteroatoms. The molecule has 0 aliphatic rings. The van der Waals surface area contributed by atoms with Crippen LogP contribution in [-0.2, 0) is 17.6 Å². The van der Waals surface area contributed by atoms with Gasteiger partial charge in [0.2, 0.25) is 5.91 Å². The number of carboxylic acids is 1. The first-order chi connectivity index (χ1) is 14.5. The molecule has 0 aromatic heterocycles. The molecule has 4 nitrogen and oxygen atoms in total. The van der Waals surface area contributed by atoms with Crippen molar-refractivity contribution in [2.45, 2.75) is 12.8 Å². The second-order valence-electron chi connectivity index (χ2n) is 7.21. The van der Waals surface area contributed by atoms with E-state index >= 15 is 0 Å². The highest BCUT2D eigenvalue weighted by atomic mass is 16.4. The Hall–Kier alpha value is -3.66. The normalized spacial score (nSPS) is 10.4. The van der Waals surface area contributed by atoms with Crippen LogP contribution in [0, 0.1) is 0 Å². The SMILES string of the molecule is C=Cc1cc(CC(=O)N(C)CCc2ccccc2)cc(C(=O)O)c1-c1ccccc1. The van der Waals surface area contributed by atoms with E-state index in [0.717, 1.165) is 12.0 Å². The fourth-order valence-electron chi connectivity index (χ4n) is 3.46. The van der Waals surface area contributed by atoms with Crippen molar-refractivity contribution in [3.8, 4) is 11.1 Å². The Bertz CT molecular complexity index is 1040. The minimum Gasteiger partial charge on any atom is -0.478 e. The lowest BCUT2D eigenvalue weighted by atomic mass is 9.91. The van der Waals surface area contributed by atoms with Crippen LogP contribution < -0.4 is 0 Å². The van der Waals surface area contributed by atoms with Crippen molar-refractivity contribution in [2.75, 3.05) is 13.6 Å². The lowest BCUT2D eigenvalue weighted by Crippen LogP contribution is -2.30. The number of nitrogens with zero attached hydrogens (tertiary/aromatic N) is 1. The summed E-state index contributed by atoms with van der Waals surface area (Å²) in [4.78, 5) is 26.4. The smallest absolute Gasteiger partial charge is 0.336 e. The van der Waals surface area contributed by atoms with Crippen LogP contribution in [0.2, 0.25) is 0 Å². The van der Waals surface area contributed by atoms with E-state index in [1.807, 2.05) is 66.7 Å². The third-order valence-electron chi connectivity index (χ3n) is 5.10. The Labute approximate surface area is 177 Å². The number of rotatable bonds is 8. The summed E-state index contributed by atoms with van der Waals surface area (Å²) in [6, 6.07) is 22.8. The highest BCUT2D eigenvalue weighted by molar-refractivity contribution is 5.99. The summed E-state index contributed by atoms with van der Waals surface area (Å²) in [6.07, 6.45) is 2.55. The van der Waals surface area contributed by atoms with Crippen molar-refractivity contribution in [3.63, 3.8) is 0 Å². The summed E-state index contributed by atoms with van der Waals surface area (Å²) < 4.78 is 0. The van der Waals surface area contributed by atoms with Crippen molar-refractivity contribution in [2.24, 2.45) is 0 Å². The highest BCUT2D eigenvalue weighted by Gasteiger charge is 2.18. The summed E-state index contributed by atoms with van der Waals surface area (Å²) in [7, 11) is 1.77. The average molecular weight is 399 g/mol. The zero-order valence-electron chi connectivity index (χ0n) is 17.0. The van der Waals surface area contributed by atoms with Gasteiger partial charge in [-0.2, -0.15) is 0 Å². The molecule has 3 aromatic carbocycles. The van der Waals surface area contributed by atoms with Gasteiger partial charge in [-0.3, -0.25) is 4.79 Å². The number of aromatic carboxylic acids is 1. The van der Waals surface area contributed by atoms with Gasteiger partial charge in [-0.05, 0) is 34.7 Å². The van der Waals surface area contributed by atoms with E-state index in [-0.39, 0.29) is 17.9 Å². The van der Waals surface area contributed by atoms with Gasteiger partial charge in [0.15, 0.2) is 0 Å². The zero-order valence-corrected chi connectivity index (χ0v) is 17.0. The molecule has 1 N–H and O–H groups in total. The van der Waals surface area contributed by atoms with E-state index in [1.54, 1.807) is 24.1 Å². The number of carbonyl (C=O) groups is 2. The zero-order chi connectivity index (χ0) is 21.5. The van der Waals surface area contributed by atoms with Gasteiger partial charge in [0, 0.05) is 19.2 Å². The molecule has 0 atom stereocenters. The fraction of sp³-hybridized carbons (Fsp3) is 0.154. The van der Waals surface area contributed by atoms with Gasteiger partial charge in [0.05, 0.1) is 12.0 Å². The van der Waals surface area contributed by atoms with Crippen LogP contribution in [0.3, 0.4) is 0 Å². The number of carboxylic acid groups (broad SMARTS) is 1. The topological polar surface area (TPSA) is 57.6 Å². The van der Waals surface area contributed by atoms with Crippen LogP contribution in [0.5, 0.6) is 0 Å². The quantitative estimate of drug-likeness (QED) is 0.584. The van der Waals surface area contributed by atoms with Crippen LogP contribution in [-0.4, -0.2) is 35.5 Å². The molecule has 0 saturated carbocycles. The van der Waals surface area contributed by atoms with E-state index in [4.69, 9.17) is 0 Å². The first kappa shape index (κ1) is 21.1. The maximum absolute atomic E-state index is 12.7. The molecular weight excluding hydrogens is 374 g/mol. The predicted octanol–water partition coefficient (Wildman–Crippen LogP) is 4.94. The van der Waals surface area contributed by atoms with E-state index < -0.39 is 5.97 Å². The van der Waals surface area contributed by atoms with Gasteiger partial charge in [-0.25, -0.2) is 4.79 Å². The van der Waals surface area contributed by atoms with Crippen LogP contribution in [0.25, 0.3) is 17.2 Å². The van der Waals surface area contributed by atoms with Gasteiger partial charge in [0.25, 0.3) is 0 Å². The monoisotopic (exact) mass is 399 g/mol. The maximum Gasteiger partial charge on any atom is 0.336 e. The Morgan fingerprint density at radius 3 is 2.20 bits per heavy atom. The summed E-state index contributed by atoms with van der Waals surface area (Å²) >= 11 is 0. The summed E-state index contributed by atoms with van der Waals surface area (Å²) in [5.74, 6) is -1.08. The number of benzene rings is 3. The number of carbonyl (C=O) groups excluding carboxylic acids is 1. The third-order valence-corrected chi connectivity index (χ3v) is 5.10. The van der Waals surface area contributed by atoms with Crippen LogP contribution >= 0.6 is 0 Å². The standard InChI is InChI=1S/C26H25NO3/c1-3-21-16-20(17-23(26(29)30)25(21)22-12-8-5-9-13-22)18-24(28)27(2)15-14-19-10-6-4-7-11-19/h3-13,16-17H,1,14-15,18H2,2H3,(H,29,30). The molecule has 0 aliphatic carbocycles. The van der Waals surface area contributed by atoms with Crippen molar-refractivity contribution in [3.05, 3.63) is 102 Å². The molecule has 0 unspecified atom stereocenters. The largest absolute Gasteiger partial charge is 0.478 e. The van der Waals surface area contributed by atoms with Crippen molar-refractivity contribution in [1.29, 1.82) is 0 Å². The first-order valence-corrected chi connectivity index (χ1v) is 9.85. The molecule has 3 aromatic rings. The van der Waals surface area contributed by atoms with Gasteiger partial charge in [0.1, 0.15) is 0 Å². The van der Waals surface area contributed by atoms with E-state index in [1.165, 1.54) is 5.56 Å². The van der Waals surface area contributed by atoms with Gasteiger partial charge < -0.3 is 10.0 Å². The minimum absolute atomic E-state index is 0.0512. The van der Waals surface area contributed by atoms with Crippen molar-refractivity contribution >= 4 is 18.0 Å². The number of amides is 1. The Kier molecular flexibility index (Phi) is 6.81. The molecule has 3 rings (SSSR count). The molecule has 30 heavy (non-hydrogen) atoms. The molecule has 0 heterocycles. The summed E-state index contributed by atoms with van der Waals surface area (Å²) in [5, 5.41) is 9.80. The van der Waals surface area contributed by atoms with Crippen molar-refractivity contribution in [1.82, 2.24) is 4.90 Å². The molecule has 0 saturated heterocycles. The predicted molar refractivity (Wildman–Crippen MR) is 120 cm³/mol. The molecule has 0 bridgehead atoms. The third kappa shape index (κ3) is 5.03. The van der Waals surface area contributed by atoms with Crippen LogP contribution in [0.1, 0.15) is 27.0 Å². The summed E-state index contributed by atoms with van der Waals surface area (Å²) in [5.41, 5.74) is 4.14. The number of hydrogen-bond acceptors (Lipinski definition) is 2. The van der Waals surface area contributed by atoms with E-state index in [0.29, 0.717) is 23.2 Å². The van der Waals surface area contributed by atoms with Crippen LogP contribution in [0.4, 0.5) is 0 Å². The van der Waals surface area contributed by atoms with Gasteiger partial charge in [-0.1, -0.05) is 79.4 Å². The maximum atomic E-state index is 12.7. The van der Waals surface area contributed by atoms with Gasteiger partial charge in [-0.15, -0.1) is 0 Å². The van der Waals surface area contributed by atoms with E-state index in [9.17, 15) is 14.7 Å². The lowest BCUT2D eigenvalue weighted by molar-refractivity contribution is -0.129. The molecular formula is C26H25NO3. The van der Waals surface area contributed by atoms with Gasteiger partial charge >= 0.3 is 5.97 Å². The Morgan fingerprint density at radius 1 is 0.967 bits per heavy atom. The summed E-state index contributed by atoms with van der Waals surface area (Å²) in [6.45, 7) is 4.45. The Balaban J connectivity index is 1.82. The first-order valence-electron chi connectivity index (χ1n) is 9.85. The number of hydrogen-bond donors (Lipinski definition) is 1. The van der Waals surface area contributed by atoms with Crippen LogP contribution in [0.15, 0.2) is 79.4 Å². The average Bonchev–Trinajstić information content (AvgIpc) is 2.78. The van der Waals surface area contributed by atoms with E-state index in [2.05, 4.69) is 6.58 Å². The molecule has 152 valence electrons. The molecule has 1 amide bonds. The second-order valence-corrected chi connectivity index (χ2v) is 7.21. The Morgan fingerprint density at radius 2 is 1.60 bits per heavy atom. The minimum atomic E-state index is -1.02. The number of likely N-dealkylation sites (N-methyl/N-ethyl adjacent to an activating group) is 1. The lowest BCUT2D eigenvalue weighted by Gasteiger charge is -2.18. The molecule has 0 fully saturated rings. The molecule has 0 radical (unpaired) electrons. The fourth-order valence-corrected chi connectivity index (χ4v) is 3.46.